The highest BCUT2D eigenvalue weighted by Crippen LogP contribution is 2.18. The molecule has 2 nitrogen and oxygen atoms in total. The third-order valence-electron chi connectivity index (χ3n) is 4.12. The van der Waals surface area contributed by atoms with Crippen LogP contribution in [0.3, 0.4) is 0 Å². The lowest BCUT2D eigenvalue weighted by Crippen LogP contribution is -2.42. The van der Waals surface area contributed by atoms with Crippen molar-refractivity contribution in [2.75, 3.05) is 20.1 Å². The van der Waals surface area contributed by atoms with Crippen LogP contribution in [0.1, 0.15) is 30.9 Å². The van der Waals surface area contributed by atoms with Gasteiger partial charge in [0.2, 0.25) is 0 Å². The second-order valence-corrected chi connectivity index (χ2v) is 5.82. The van der Waals surface area contributed by atoms with Crippen LogP contribution >= 0.6 is 0 Å². The van der Waals surface area contributed by atoms with Crippen molar-refractivity contribution in [1.82, 2.24) is 10.2 Å². The number of hydrogen-bond acceptors (Lipinski definition) is 2. The Balaban J connectivity index is 1.80. The molecule has 1 aliphatic heterocycles. The van der Waals surface area contributed by atoms with Crippen LogP contribution in [0.2, 0.25) is 0 Å². The standard InChI is InChI=1S/C16H26N2/c1-13-6-8-15(9-7-13)11-17-14(2)16-5-4-10-18(3)12-16/h6-9,14,16-17H,4-5,10-12H2,1-3H3. The molecular weight excluding hydrogens is 220 g/mol. The van der Waals surface area contributed by atoms with Crippen molar-refractivity contribution in [1.29, 1.82) is 0 Å². The van der Waals surface area contributed by atoms with Crippen molar-refractivity contribution in [2.24, 2.45) is 5.92 Å². The highest BCUT2D eigenvalue weighted by atomic mass is 15.1. The summed E-state index contributed by atoms with van der Waals surface area (Å²) in [6.45, 7) is 7.96. The van der Waals surface area contributed by atoms with Gasteiger partial charge >= 0.3 is 0 Å². The Hall–Kier alpha value is -0.860. The smallest absolute Gasteiger partial charge is 0.0208 e. The third-order valence-corrected chi connectivity index (χ3v) is 4.12. The van der Waals surface area contributed by atoms with Crippen molar-refractivity contribution < 1.29 is 0 Å². The van der Waals surface area contributed by atoms with E-state index in [1.165, 1.54) is 37.1 Å². The van der Waals surface area contributed by atoms with Crippen molar-refractivity contribution >= 4 is 0 Å². The summed E-state index contributed by atoms with van der Waals surface area (Å²) in [5, 5.41) is 3.68. The lowest BCUT2D eigenvalue weighted by molar-refractivity contribution is 0.178. The summed E-state index contributed by atoms with van der Waals surface area (Å²) in [7, 11) is 2.23. The SMILES string of the molecule is Cc1ccc(CNC(C)C2CCCN(C)C2)cc1. The average molecular weight is 246 g/mol. The van der Waals surface area contributed by atoms with Crippen LogP contribution in [0, 0.1) is 12.8 Å². The maximum Gasteiger partial charge on any atom is 0.0208 e. The molecule has 0 amide bonds. The minimum absolute atomic E-state index is 0.606. The molecule has 0 aliphatic carbocycles. The van der Waals surface area contributed by atoms with E-state index in [-0.39, 0.29) is 0 Å². The Morgan fingerprint density at radius 1 is 1.33 bits per heavy atom. The lowest BCUT2D eigenvalue weighted by atomic mass is 9.92. The summed E-state index contributed by atoms with van der Waals surface area (Å²) in [5.41, 5.74) is 2.72. The first-order valence-corrected chi connectivity index (χ1v) is 7.12. The van der Waals surface area contributed by atoms with Gasteiger partial charge in [-0.2, -0.15) is 0 Å². The van der Waals surface area contributed by atoms with Gasteiger partial charge in [-0.05, 0) is 51.8 Å². The predicted octanol–water partition coefficient (Wildman–Crippen LogP) is 2.81. The third kappa shape index (κ3) is 3.82. The molecule has 2 unspecified atom stereocenters. The highest BCUT2D eigenvalue weighted by molar-refractivity contribution is 5.21. The molecule has 1 heterocycles. The van der Waals surface area contributed by atoms with E-state index in [2.05, 4.69) is 55.4 Å². The molecule has 1 saturated heterocycles. The summed E-state index contributed by atoms with van der Waals surface area (Å²) < 4.78 is 0. The summed E-state index contributed by atoms with van der Waals surface area (Å²) in [6.07, 6.45) is 2.71. The number of nitrogens with zero attached hydrogens (tertiary/aromatic N) is 1. The Labute approximate surface area is 111 Å². The van der Waals surface area contributed by atoms with Gasteiger partial charge in [0.15, 0.2) is 0 Å². The summed E-state index contributed by atoms with van der Waals surface area (Å²) >= 11 is 0. The fraction of sp³-hybridized carbons (Fsp3) is 0.625. The van der Waals surface area contributed by atoms with Crippen LogP contribution in [-0.4, -0.2) is 31.1 Å². The second-order valence-electron chi connectivity index (χ2n) is 5.82. The molecule has 100 valence electrons. The number of hydrogen-bond donors (Lipinski definition) is 1. The first-order valence-electron chi connectivity index (χ1n) is 7.12. The van der Waals surface area contributed by atoms with E-state index in [1.807, 2.05) is 0 Å². The van der Waals surface area contributed by atoms with Crippen molar-refractivity contribution in [3.05, 3.63) is 35.4 Å². The molecular formula is C16H26N2. The number of likely N-dealkylation sites (tertiary alicyclic amines) is 1. The number of piperidine rings is 1. The van der Waals surface area contributed by atoms with Gasteiger partial charge in [0.25, 0.3) is 0 Å². The molecule has 0 radical (unpaired) electrons. The van der Waals surface area contributed by atoms with E-state index in [9.17, 15) is 0 Å². The molecule has 1 aromatic rings. The molecule has 0 bridgehead atoms. The first kappa shape index (κ1) is 13.6. The van der Waals surface area contributed by atoms with Crippen molar-refractivity contribution in [3.8, 4) is 0 Å². The maximum absolute atomic E-state index is 3.68. The first-order chi connectivity index (χ1) is 8.65. The molecule has 0 aromatic heterocycles. The van der Waals surface area contributed by atoms with E-state index in [1.54, 1.807) is 0 Å². The van der Waals surface area contributed by atoms with E-state index >= 15 is 0 Å². The molecule has 1 N–H and O–H groups in total. The Bertz CT molecular complexity index is 358. The largest absolute Gasteiger partial charge is 0.310 e. The molecule has 18 heavy (non-hydrogen) atoms. The topological polar surface area (TPSA) is 15.3 Å². The number of benzene rings is 1. The zero-order valence-corrected chi connectivity index (χ0v) is 11.9. The Kier molecular flexibility index (Phi) is 4.79. The molecule has 2 atom stereocenters. The Morgan fingerprint density at radius 3 is 2.72 bits per heavy atom. The van der Waals surface area contributed by atoms with Gasteiger partial charge < -0.3 is 10.2 Å². The lowest BCUT2D eigenvalue weighted by Gasteiger charge is -2.34. The van der Waals surface area contributed by atoms with Gasteiger partial charge in [0.05, 0.1) is 0 Å². The summed E-state index contributed by atoms with van der Waals surface area (Å²) in [6, 6.07) is 9.44. The molecule has 0 spiro atoms. The molecule has 2 heteroatoms. The fourth-order valence-electron chi connectivity index (χ4n) is 2.77. The number of nitrogens with one attached hydrogen (secondary N) is 1. The predicted molar refractivity (Wildman–Crippen MR) is 77.7 cm³/mol. The van der Waals surface area contributed by atoms with E-state index in [4.69, 9.17) is 0 Å². The van der Waals surface area contributed by atoms with E-state index < -0.39 is 0 Å². The van der Waals surface area contributed by atoms with Crippen LogP contribution in [0.15, 0.2) is 24.3 Å². The quantitative estimate of drug-likeness (QED) is 0.879. The summed E-state index contributed by atoms with van der Waals surface area (Å²) in [4.78, 5) is 2.46. The second kappa shape index (κ2) is 6.35. The van der Waals surface area contributed by atoms with E-state index in [0.717, 1.165) is 12.5 Å². The number of aryl methyl sites for hydroxylation is 1. The molecule has 2 rings (SSSR count). The molecule has 0 saturated carbocycles. The minimum Gasteiger partial charge on any atom is -0.310 e. The monoisotopic (exact) mass is 246 g/mol. The molecule has 1 aromatic carbocycles. The van der Waals surface area contributed by atoms with Crippen LogP contribution < -0.4 is 5.32 Å². The normalized spacial score (nSPS) is 22.9. The van der Waals surface area contributed by atoms with Crippen LogP contribution in [0.5, 0.6) is 0 Å². The maximum atomic E-state index is 3.68. The summed E-state index contributed by atoms with van der Waals surface area (Å²) in [5.74, 6) is 0.800. The minimum atomic E-state index is 0.606. The highest BCUT2D eigenvalue weighted by Gasteiger charge is 2.22. The van der Waals surface area contributed by atoms with Gasteiger partial charge in [-0.15, -0.1) is 0 Å². The van der Waals surface area contributed by atoms with Crippen molar-refractivity contribution in [2.45, 2.75) is 39.3 Å². The zero-order chi connectivity index (χ0) is 13.0. The van der Waals surface area contributed by atoms with Gasteiger partial charge in [-0.1, -0.05) is 29.8 Å². The number of rotatable bonds is 4. The van der Waals surface area contributed by atoms with E-state index in [0.29, 0.717) is 6.04 Å². The van der Waals surface area contributed by atoms with Gasteiger partial charge in [-0.3, -0.25) is 0 Å². The van der Waals surface area contributed by atoms with Crippen LogP contribution in [-0.2, 0) is 6.54 Å². The van der Waals surface area contributed by atoms with Gasteiger partial charge in [0, 0.05) is 19.1 Å². The average Bonchev–Trinajstić information content (AvgIpc) is 2.38. The molecule has 1 fully saturated rings. The van der Waals surface area contributed by atoms with Crippen molar-refractivity contribution in [3.63, 3.8) is 0 Å². The Morgan fingerprint density at radius 2 is 2.06 bits per heavy atom. The molecule has 1 aliphatic rings. The fourth-order valence-corrected chi connectivity index (χ4v) is 2.77. The van der Waals surface area contributed by atoms with Gasteiger partial charge in [-0.25, -0.2) is 0 Å². The van der Waals surface area contributed by atoms with Gasteiger partial charge in [0.1, 0.15) is 0 Å². The zero-order valence-electron chi connectivity index (χ0n) is 11.9. The van der Waals surface area contributed by atoms with Crippen LogP contribution in [0.4, 0.5) is 0 Å². The van der Waals surface area contributed by atoms with Crippen LogP contribution in [0.25, 0.3) is 0 Å².